The molecule has 0 spiro atoms. The fourth-order valence-electron chi connectivity index (χ4n) is 2.77. The highest BCUT2D eigenvalue weighted by Gasteiger charge is 2.19. The molecular weight excluding hydrogens is 370 g/mol. The Hall–Kier alpha value is -2.19. The second kappa shape index (κ2) is 7.20. The highest BCUT2D eigenvalue weighted by atomic mass is 32.2. The molecule has 8 heteroatoms. The van der Waals surface area contributed by atoms with Gasteiger partial charge >= 0.3 is 0 Å². The minimum atomic E-state index is -3.26. The third kappa shape index (κ3) is 4.13. The molecule has 26 heavy (non-hydrogen) atoms. The topological polar surface area (TPSA) is 72.3 Å². The van der Waals surface area contributed by atoms with Crippen LogP contribution in [-0.2, 0) is 33.5 Å². The Kier molecular flexibility index (Phi) is 5.15. The smallest absolute Gasteiger partial charge is 0.242 e. The van der Waals surface area contributed by atoms with Crippen LogP contribution >= 0.6 is 11.3 Å². The Morgan fingerprint density at radius 1 is 1.27 bits per heavy atom. The van der Waals surface area contributed by atoms with Gasteiger partial charge in [-0.1, -0.05) is 12.1 Å². The van der Waals surface area contributed by atoms with Crippen molar-refractivity contribution in [2.45, 2.75) is 25.8 Å². The number of fused-ring (bicyclic) bond motifs is 1. The number of sulfone groups is 1. The van der Waals surface area contributed by atoms with Crippen LogP contribution in [0.25, 0.3) is 11.0 Å². The number of amides is 1. The van der Waals surface area contributed by atoms with Gasteiger partial charge in [0.15, 0.2) is 9.84 Å². The first-order valence-electron chi connectivity index (χ1n) is 8.13. The summed E-state index contributed by atoms with van der Waals surface area (Å²) in [4.78, 5) is 20.0. The number of benzene rings is 1. The van der Waals surface area contributed by atoms with Gasteiger partial charge in [0, 0.05) is 18.2 Å². The minimum absolute atomic E-state index is 0.0618. The molecule has 0 aliphatic heterocycles. The zero-order chi connectivity index (χ0) is 18.9. The third-order valence-corrected chi connectivity index (χ3v) is 5.98. The number of aromatic nitrogens is 2. The number of aryl methyl sites for hydroxylation is 1. The van der Waals surface area contributed by atoms with Gasteiger partial charge in [-0.2, -0.15) is 0 Å². The summed E-state index contributed by atoms with van der Waals surface area (Å²) in [7, 11) is -1.50. The highest BCUT2D eigenvalue weighted by Crippen LogP contribution is 2.20. The molecule has 2 aromatic heterocycles. The van der Waals surface area contributed by atoms with Gasteiger partial charge in [0.25, 0.3) is 0 Å². The van der Waals surface area contributed by atoms with E-state index in [0.717, 1.165) is 10.4 Å². The molecule has 138 valence electrons. The summed E-state index contributed by atoms with van der Waals surface area (Å²) in [5.74, 6) is 0.112. The fraction of sp³-hybridized carbons (Fsp3) is 0.333. The maximum atomic E-state index is 12.7. The van der Waals surface area contributed by atoms with Crippen LogP contribution in [0.5, 0.6) is 0 Å². The van der Waals surface area contributed by atoms with Crippen LogP contribution in [0.3, 0.4) is 0 Å². The van der Waals surface area contributed by atoms with Crippen molar-refractivity contribution < 1.29 is 13.2 Å². The molecule has 1 amide bonds. The molecule has 0 saturated heterocycles. The lowest BCUT2D eigenvalue weighted by Gasteiger charge is -2.18. The summed E-state index contributed by atoms with van der Waals surface area (Å²) in [6, 6.07) is 9.41. The van der Waals surface area contributed by atoms with Crippen molar-refractivity contribution in [3.63, 3.8) is 0 Å². The molecule has 6 nitrogen and oxygen atoms in total. The summed E-state index contributed by atoms with van der Waals surface area (Å²) >= 11 is 1.62. The monoisotopic (exact) mass is 391 g/mol. The highest BCUT2D eigenvalue weighted by molar-refractivity contribution is 7.89. The molecule has 1 aromatic carbocycles. The molecule has 0 N–H and O–H groups in total. The number of rotatable bonds is 6. The van der Waals surface area contributed by atoms with Gasteiger partial charge in [-0.05, 0) is 36.1 Å². The van der Waals surface area contributed by atoms with E-state index in [-0.39, 0.29) is 18.2 Å². The molecule has 0 bridgehead atoms. The maximum absolute atomic E-state index is 12.7. The molecule has 0 aliphatic carbocycles. The lowest BCUT2D eigenvalue weighted by molar-refractivity contribution is -0.131. The molecule has 0 aliphatic rings. The van der Waals surface area contributed by atoms with Gasteiger partial charge < -0.3 is 9.47 Å². The van der Waals surface area contributed by atoms with E-state index < -0.39 is 9.84 Å². The predicted molar refractivity (Wildman–Crippen MR) is 104 cm³/mol. The summed E-state index contributed by atoms with van der Waals surface area (Å²) < 4.78 is 25.2. The molecule has 0 unspecified atom stereocenters. The molecule has 0 saturated carbocycles. The number of likely N-dealkylation sites (N-methyl/N-ethyl adjacent to an activating group) is 1. The largest absolute Gasteiger partial charge is 0.339 e. The summed E-state index contributed by atoms with van der Waals surface area (Å²) in [5, 5.41) is 2.01. The van der Waals surface area contributed by atoms with Crippen LogP contribution in [0.15, 0.2) is 35.7 Å². The molecule has 0 fully saturated rings. The van der Waals surface area contributed by atoms with Gasteiger partial charge in [-0.15, -0.1) is 11.3 Å². The van der Waals surface area contributed by atoms with Crippen molar-refractivity contribution in [1.82, 2.24) is 14.5 Å². The van der Waals surface area contributed by atoms with E-state index in [1.165, 1.54) is 11.8 Å². The second-order valence-corrected chi connectivity index (χ2v) is 9.59. The Morgan fingerprint density at radius 2 is 2.00 bits per heavy atom. The first kappa shape index (κ1) is 18.6. The van der Waals surface area contributed by atoms with E-state index >= 15 is 0 Å². The molecule has 3 rings (SSSR count). The maximum Gasteiger partial charge on any atom is 0.242 e. The van der Waals surface area contributed by atoms with E-state index in [1.807, 2.05) is 42.6 Å². The van der Waals surface area contributed by atoms with Gasteiger partial charge in [0.1, 0.15) is 18.1 Å². The van der Waals surface area contributed by atoms with Crippen LogP contribution in [0.2, 0.25) is 0 Å². The van der Waals surface area contributed by atoms with Crippen molar-refractivity contribution >= 4 is 38.1 Å². The van der Waals surface area contributed by atoms with Crippen LogP contribution < -0.4 is 0 Å². The minimum Gasteiger partial charge on any atom is -0.339 e. The number of imidazole rings is 1. The van der Waals surface area contributed by atoms with Crippen LogP contribution in [0.1, 0.15) is 16.3 Å². The number of hydrogen-bond donors (Lipinski definition) is 0. The molecule has 0 atom stereocenters. The van der Waals surface area contributed by atoms with E-state index in [9.17, 15) is 13.2 Å². The number of thiophene rings is 1. The first-order chi connectivity index (χ1) is 12.2. The lowest BCUT2D eigenvalue weighted by Crippen LogP contribution is -2.30. The van der Waals surface area contributed by atoms with Crippen molar-refractivity contribution in [1.29, 1.82) is 0 Å². The average molecular weight is 392 g/mol. The average Bonchev–Trinajstić information content (AvgIpc) is 3.10. The van der Waals surface area contributed by atoms with Crippen molar-refractivity contribution in [3.8, 4) is 0 Å². The van der Waals surface area contributed by atoms with Crippen molar-refractivity contribution in [2.24, 2.45) is 0 Å². The van der Waals surface area contributed by atoms with Crippen LogP contribution in [0, 0.1) is 6.92 Å². The summed E-state index contributed by atoms with van der Waals surface area (Å²) in [6.45, 7) is 2.63. The number of carbonyl (C=O) groups excluding carboxylic acids is 1. The van der Waals surface area contributed by atoms with Crippen LogP contribution in [0.4, 0.5) is 0 Å². The molecule has 3 aromatic rings. The third-order valence-electron chi connectivity index (χ3n) is 4.19. The Labute approximate surface area is 157 Å². The van der Waals surface area contributed by atoms with E-state index in [1.54, 1.807) is 27.9 Å². The summed E-state index contributed by atoms with van der Waals surface area (Å²) in [5.41, 5.74) is 2.62. The van der Waals surface area contributed by atoms with E-state index in [4.69, 9.17) is 0 Å². The predicted octanol–water partition coefficient (Wildman–Crippen LogP) is 2.61. The zero-order valence-corrected chi connectivity index (χ0v) is 16.6. The molecule has 2 heterocycles. The van der Waals surface area contributed by atoms with Crippen molar-refractivity contribution in [2.75, 3.05) is 13.3 Å². The van der Waals surface area contributed by atoms with Crippen molar-refractivity contribution in [3.05, 3.63) is 52.0 Å². The Morgan fingerprint density at radius 3 is 2.65 bits per heavy atom. The quantitative estimate of drug-likeness (QED) is 0.647. The standard InChI is InChI=1S/C18H21N3O3S2/c1-13-8-9-25-16(13)10-20(2)18(22)11-21-15-7-5-4-6-14(15)19-17(21)12-26(3,23)24/h4-9H,10-12H2,1-3H3. The van der Waals surface area contributed by atoms with Gasteiger partial charge in [-0.25, -0.2) is 13.4 Å². The SMILES string of the molecule is Cc1ccsc1CN(C)C(=O)Cn1c(CS(C)(=O)=O)nc2ccccc21. The second-order valence-electron chi connectivity index (χ2n) is 6.45. The fourth-order valence-corrected chi connectivity index (χ4v) is 4.42. The van der Waals surface area contributed by atoms with Gasteiger partial charge in [0.05, 0.1) is 17.6 Å². The Bertz CT molecular complexity index is 1050. The lowest BCUT2D eigenvalue weighted by atomic mass is 10.3. The Balaban J connectivity index is 1.88. The number of para-hydroxylation sites is 2. The zero-order valence-electron chi connectivity index (χ0n) is 15.0. The first-order valence-corrected chi connectivity index (χ1v) is 11.1. The van der Waals surface area contributed by atoms with E-state index in [2.05, 4.69) is 4.98 Å². The van der Waals surface area contributed by atoms with E-state index in [0.29, 0.717) is 17.9 Å². The summed E-state index contributed by atoms with van der Waals surface area (Å²) in [6.07, 6.45) is 1.17. The normalized spacial score (nSPS) is 11.8. The van der Waals surface area contributed by atoms with Gasteiger partial charge in [0.2, 0.25) is 5.91 Å². The van der Waals surface area contributed by atoms with Gasteiger partial charge in [-0.3, -0.25) is 4.79 Å². The molecule has 0 radical (unpaired) electrons. The number of nitrogens with zero attached hydrogens (tertiary/aromatic N) is 3. The number of carbonyl (C=O) groups is 1. The molecular formula is C18H21N3O3S2. The van der Waals surface area contributed by atoms with Crippen LogP contribution in [-0.4, -0.2) is 42.1 Å². The number of hydrogen-bond acceptors (Lipinski definition) is 5.